The van der Waals surface area contributed by atoms with Crippen LogP contribution in [0.2, 0.25) is 0 Å². The molecule has 2 amide bonds. The lowest BCUT2D eigenvalue weighted by molar-refractivity contribution is -0.192. The van der Waals surface area contributed by atoms with Crippen LogP contribution in [0.5, 0.6) is 0 Å². The highest BCUT2D eigenvalue weighted by molar-refractivity contribution is 7.89. The SMILES string of the molecule is CCN(C[C@H]1N[C@@](CC)(C(=O)OC)[C@H]2C(=O)N(Cc3ccccc3)C(=O)[C@@H]12)S(=O)(=O)c1ccc(C(F)(F)F)cc1.O=C(O)C(F)(F)F. The normalized spacial score (nSPS) is 22.9. The van der Waals surface area contributed by atoms with Crippen molar-refractivity contribution in [1.29, 1.82) is 0 Å². The minimum atomic E-state index is -5.08. The topological polar surface area (TPSA) is 150 Å². The zero-order valence-corrected chi connectivity index (χ0v) is 25.9. The van der Waals surface area contributed by atoms with Crippen LogP contribution in [0, 0.1) is 11.8 Å². The Kier molecular flexibility index (Phi) is 11.1. The molecule has 2 N–H and O–H groups in total. The molecule has 2 heterocycles. The van der Waals surface area contributed by atoms with Crippen LogP contribution in [0.15, 0.2) is 59.5 Å². The Labute approximate surface area is 265 Å². The second-order valence-corrected chi connectivity index (χ2v) is 12.5. The number of carboxylic acids is 1. The van der Waals surface area contributed by atoms with E-state index in [0.29, 0.717) is 17.7 Å². The number of esters is 1. The number of rotatable bonds is 9. The van der Waals surface area contributed by atoms with Crippen molar-refractivity contribution in [2.75, 3.05) is 20.2 Å². The predicted molar refractivity (Wildman–Crippen MR) is 151 cm³/mol. The summed E-state index contributed by atoms with van der Waals surface area (Å²) in [6.45, 7) is 2.81. The van der Waals surface area contributed by atoms with Crippen LogP contribution >= 0.6 is 0 Å². The molecule has 0 radical (unpaired) electrons. The highest BCUT2D eigenvalue weighted by atomic mass is 32.2. The number of carbonyl (C=O) groups is 4. The number of carboxylic acid groups (broad SMARTS) is 1. The summed E-state index contributed by atoms with van der Waals surface area (Å²) in [5, 5.41) is 10.2. The summed E-state index contributed by atoms with van der Waals surface area (Å²) in [6, 6.07) is 11.0. The maximum atomic E-state index is 13.7. The van der Waals surface area contributed by atoms with E-state index in [-0.39, 0.29) is 31.0 Å². The average Bonchev–Trinajstić information content (AvgIpc) is 3.48. The Hall–Kier alpha value is -4.03. The fourth-order valence-corrected chi connectivity index (χ4v) is 7.16. The first-order chi connectivity index (χ1) is 21.8. The Morgan fingerprint density at radius 1 is 0.979 bits per heavy atom. The van der Waals surface area contributed by atoms with E-state index in [0.717, 1.165) is 21.3 Å². The highest BCUT2D eigenvalue weighted by Gasteiger charge is 2.68. The van der Waals surface area contributed by atoms with Crippen LogP contribution in [0.25, 0.3) is 0 Å². The van der Waals surface area contributed by atoms with Gasteiger partial charge in [-0.1, -0.05) is 44.2 Å². The van der Waals surface area contributed by atoms with Crippen LogP contribution in [-0.2, 0) is 46.7 Å². The smallest absolute Gasteiger partial charge is 0.475 e. The number of likely N-dealkylation sites (N-methyl/N-ethyl adjacent to an activating group) is 1. The molecule has 2 fully saturated rings. The zero-order valence-electron chi connectivity index (χ0n) is 25.1. The Morgan fingerprint density at radius 3 is 1.98 bits per heavy atom. The van der Waals surface area contributed by atoms with Crippen LogP contribution in [0.4, 0.5) is 26.3 Å². The molecule has 11 nitrogen and oxygen atoms in total. The second-order valence-electron chi connectivity index (χ2n) is 10.6. The highest BCUT2D eigenvalue weighted by Crippen LogP contribution is 2.46. The van der Waals surface area contributed by atoms with E-state index >= 15 is 0 Å². The van der Waals surface area contributed by atoms with Crippen LogP contribution < -0.4 is 5.32 Å². The maximum Gasteiger partial charge on any atom is 0.490 e. The molecule has 4 rings (SSSR count). The molecule has 2 aromatic rings. The Morgan fingerprint density at radius 2 is 1.53 bits per heavy atom. The number of fused-ring (bicyclic) bond motifs is 1. The molecular weight excluding hydrogens is 664 g/mol. The lowest BCUT2D eigenvalue weighted by Gasteiger charge is -2.32. The van der Waals surface area contributed by atoms with Gasteiger partial charge >= 0.3 is 24.3 Å². The summed E-state index contributed by atoms with van der Waals surface area (Å²) in [5.41, 5.74) is -1.86. The number of halogens is 6. The summed E-state index contributed by atoms with van der Waals surface area (Å²) in [4.78, 5) is 50.0. The number of benzene rings is 2. The van der Waals surface area contributed by atoms with Crippen molar-refractivity contribution in [2.24, 2.45) is 11.8 Å². The van der Waals surface area contributed by atoms with Crippen molar-refractivity contribution in [3.63, 3.8) is 0 Å². The summed E-state index contributed by atoms with van der Waals surface area (Å²) >= 11 is 0. The van der Waals surface area contributed by atoms with Crippen molar-refractivity contribution in [2.45, 2.75) is 55.6 Å². The molecule has 2 saturated heterocycles. The number of sulfonamides is 1. The number of methoxy groups -OCH3 is 1. The molecule has 2 aromatic carbocycles. The number of hydrogen-bond donors (Lipinski definition) is 2. The lowest BCUT2D eigenvalue weighted by Crippen LogP contribution is -2.58. The third-order valence-corrected chi connectivity index (χ3v) is 9.91. The number of imide groups is 1. The third kappa shape index (κ3) is 7.59. The summed E-state index contributed by atoms with van der Waals surface area (Å²) in [5.74, 6) is -6.80. The molecule has 0 unspecified atom stereocenters. The first-order valence-corrected chi connectivity index (χ1v) is 15.4. The third-order valence-electron chi connectivity index (χ3n) is 7.96. The van der Waals surface area contributed by atoms with Crippen molar-refractivity contribution in [1.82, 2.24) is 14.5 Å². The molecule has 2 aliphatic heterocycles. The van der Waals surface area contributed by atoms with E-state index in [1.807, 2.05) is 0 Å². The summed E-state index contributed by atoms with van der Waals surface area (Å²) < 4.78 is 104. The molecule has 0 bridgehead atoms. The standard InChI is InChI=1S/C27H30F3N3O6S.C2HF3O2/c1-4-26(25(36)39-3)22-21(23(34)33(24(22)35)15-17-9-7-6-8-10-17)20(31-26)16-32(5-2)40(37,38)19-13-11-18(12-14-19)27(28,29)30;3-2(4,5)1(6)7/h6-14,20-22,31H,4-5,15-16H2,1-3H3;(H,6,7)/t20-,21+,22-,26-;/m1./s1. The maximum absolute atomic E-state index is 13.7. The molecule has 47 heavy (non-hydrogen) atoms. The number of nitrogens with one attached hydrogen (secondary N) is 1. The van der Waals surface area contributed by atoms with Gasteiger partial charge in [-0.05, 0) is 36.2 Å². The van der Waals surface area contributed by atoms with Crippen LogP contribution in [0.3, 0.4) is 0 Å². The fraction of sp³-hybridized carbons (Fsp3) is 0.448. The lowest BCUT2D eigenvalue weighted by atomic mass is 9.78. The van der Waals surface area contributed by atoms with Crippen molar-refractivity contribution >= 4 is 33.8 Å². The quantitative estimate of drug-likeness (QED) is 0.229. The molecular formula is C29H31F6N3O8S. The van der Waals surface area contributed by atoms with E-state index in [2.05, 4.69) is 5.32 Å². The van der Waals surface area contributed by atoms with E-state index in [1.54, 1.807) is 44.2 Å². The van der Waals surface area contributed by atoms with E-state index in [4.69, 9.17) is 14.6 Å². The van der Waals surface area contributed by atoms with Gasteiger partial charge in [0.2, 0.25) is 21.8 Å². The van der Waals surface area contributed by atoms with Gasteiger partial charge in [-0.2, -0.15) is 30.6 Å². The molecule has 4 atom stereocenters. The van der Waals surface area contributed by atoms with Gasteiger partial charge < -0.3 is 9.84 Å². The van der Waals surface area contributed by atoms with Gasteiger partial charge in [0.25, 0.3) is 0 Å². The van der Waals surface area contributed by atoms with Gasteiger partial charge in [0.15, 0.2) is 0 Å². The largest absolute Gasteiger partial charge is 0.490 e. The number of amides is 2. The predicted octanol–water partition coefficient (Wildman–Crippen LogP) is 3.44. The van der Waals surface area contributed by atoms with Gasteiger partial charge in [-0.3, -0.25) is 24.6 Å². The molecule has 18 heteroatoms. The van der Waals surface area contributed by atoms with Gasteiger partial charge in [0.1, 0.15) is 5.54 Å². The summed E-state index contributed by atoms with van der Waals surface area (Å²) in [6.07, 6.45) is -9.62. The van der Waals surface area contributed by atoms with Crippen molar-refractivity contribution in [3.05, 3.63) is 65.7 Å². The number of ether oxygens (including phenoxy) is 1. The van der Waals surface area contributed by atoms with Crippen molar-refractivity contribution < 1.29 is 63.8 Å². The molecule has 258 valence electrons. The molecule has 0 spiro atoms. The van der Waals surface area contributed by atoms with Gasteiger partial charge in [0, 0.05) is 19.1 Å². The van der Waals surface area contributed by atoms with Crippen LogP contribution in [-0.4, -0.2) is 84.4 Å². The van der Waals surface area contributed by atoms with Gasteiger partial charge in [0.05, 0.1) is 35.9 Å². The molecule has 0 saturated carbocycles. The van der Waals surface area contributed by atoms with Crippen LogP contribution in [0.1, 0.15) is 31.4 Å². The monoisotopic (exact) mass is 695 g/mol. The Balaban J connectivity index is 0.000000771. The number of carbonyl (C=O) groups excluding carboxylic acids is 3. The second kappa shape index (κ2) is 14.0. The molecule has 0 aromatic heterocycles. The van der Waals surface area contributed by atoms with Crippen molar-refractivity contribution in [3.8, 4) is 0 Å². The van der Waals surface area contributed by atoms with E-state index < -0.39 is 75.1 Å². The number of hydrogen-bond acceptors (Lipinski definition) is 8. The number of aliphatic carboxylic acids is 1. The Bertz CT molecular complexity index is 1590. The number of likely N-dealkylation sites (tertiary alicyclic amines) is 1. The first kappa shape index (κ1) is 37.4. The van der Waals surface area contributed by atoms with E-state index in [1.165, 1.54) is 7.11 Å². The average molecular weight is 696 g/mol. The zero-order chi connectivity index (χ0) is 35.5. The van der Waals surface area contributed by atoms with Gasteiger partial charge in [-0.15, -0.1) is 0 Å². The first-order valence-electron chi connectivity index (χ1n) is 14.0. The minimum absolute atomic E-state index is 0.0134. The van der Waals surface area contributed by atoms with E-state index in [9.17, 15) is 49.1 Å². The summed E-state index contributed by atoms with van der Waals surface area (Å²) in [7, 11) is -3.13. The fourth-order valence-electron chi connectivity index (χ4n) is 5.68. The number of alkyl halides is 6. The number of nitrogens with zero attached hydrogens (tertiary/aromatic N) is 2. The van der Waals surface area contributed by atoms with Gasteiger partial charge in [-0.25, -0.2) is 13.2 Å². The molecule has 0 aliphatic carbocycles. The molecule has 2 aliphatic rings. The minimum Gasteiger partial charge on any atom is -0.475 e.